The lowest BCUT2D eigenvalue weighted by Crippen LogP contribution is -2.37. The molecular formula is C42H92N2O8P2. The Balaban J connectivity index is 0. The maximum Gasteiger partial charge on any atom is 0.268 e. The van der Waals surface area contributed by atoms with Gasteiger partial charge in [-0.1, -0.05) is 181 Å². The molecule has 0 fully saturated rings. The van der Waals surface area contributed by atoms with Crippen molar-refractivity contribution in [1.29, 1.82) is 0 Å². The largest absolute Gasteiger partial charge is 0.756 e. The summed E-state index contributed by atoms with van der Waals surface area (Å²) in [6, 6.07) is 0. The van der Waals surface area contributed by atoms with Crippen molar-refractivity contribution in [2.24, 2.45) is 0 Å². The smallest absolute Gasteiger partial charge is 0.268 e. The van der Waals surface area contributed by atoms with Crippen LogP contribution in [0.1, 0.15) is 194 Å². The molecule has 0 heterocycles. The number of unbranched alkanes of at least 4 members (excludes halogenated alkanes) is 26. The SMILES string of the molecule is CCCCCCCCCCCCCCCCOP(=O)([O-])OCC[N+](C)(C)C.CCCCCCCCCCCCCCCCOP(=O)([O-])OCC[N+](C)(C)C. The monoisotopic (exact) mass is 815 g/mol. The molecule has 54 heavy (non-hydrogen) atoms. The van der Waals surface area contributed by atoms with Gasteiger partial charge in [0, 0.05) is 0 Å². The van der Waals surface area contributed by atoms with Crippen LogP contribution in [0.4, 0.5) is 0 Å². The third-order valence-corrected chi connectivity index (χ3v) is 11.5. The third kappa shape index (κ3) is 50.2. The molecule has 328 valence electrons. The minimum atomic E-state index is -4.13. The average Bonchev–Trinajstić information content (AvgIpc) is 3.07. The molecule has 0 saturated heterocycles. The Hall–Kier alpha value is 0.140. The zero-order valence-corrected chi connectivity index (χ0v) is 38.9. The highest BCUT2D eigenvalue weighted by Crippen LogP contribution is 2.39. The van der Waals surface area contributed by atoms with E-state index < -0.39 is 15.6 Å². The number of phosphoric ester groups is 2. The van der Waals surface area contributed by atoms with Crippen molar-refractivity contribution in [1.82, 2.24) is 0 Å². The van der Waals surface area contributed by atoms with Crippen molar-refractivity contribution in [3.8, 4) is 0 Å². The van der Waals surface area contributed by atoms with Crippen molar-refractivity contribution < 1.29 is 46.0 Å². The molecule has 0 aromatic heterocycles. The molecule has 0 aromatic rings. The van der Waals surface area contributed by atoms with Crippen molar-refractivity contribution in [2.45, 2.75) is 194 Å². The number of rotatable bonds is 40. The molecule has 2 unspecified atom stereocenters. The van der Waals surface area contributed by atoms with Gasteiger partial charge < -0.3 is 36.8 Å². The van der Waals surface area contributed by atoms with Gasteiger partial charge in [0.2, 0.25) is 0 Å². The first-order chi connectivity index (χ1) is 25.5. The third-order valence-electron chi connectivity index (χ3n) is 9.52. The second kappa shape index (κ2) is 37.4. The fourth-order valence-corrected chi connectivity index (χ4v) is 7.34. The Labute approximate surface area is 336 Å². The molecule has 2 atom stereocenters. The van der Waals surface area contributed by atoms with Crippen molar-refractivity contribution >= 4 is 15.6 Å². The molecule has 0 radical (unpaired) electrons. The number of nitrogens with zero attached hydrogens (tertiary/aromatic N) is 2. The first-order valence-corrected chi connectivity index (χ1v) is 25.3. The Morgan fingerprint density at radius 2 is 0.519 bits per heavy atom. The molecule has 0 amide bonds. The lowest BCUT2D eigenvalue weighted by atomic mass is 10.0. The van der Waals surface area contributed by atoms with Crippen LogP contribution in [0.15, 0.2) is 0 Å². The maximum atomic E-state index is 11.6. The summed E-state index contributed by atoms with van der Waals surface area (Å²) in [7, 11) is 3.72. The number of phosphoric acid groups is 2. The zero-order valence-electron chi connectivity index (χ0n) is 37.1. The van der Waals surface area contributed by atoms with Gasteiger partial charge in [-0.15, -0.1) is 0 Å². The van der Waals surface area contributed by atoms with Gasteiger partial charge in [0.05, 0.1) is 55.5 Å². The van der Waals surface area contributed by atoms with E-state index in [1.165, 1.54) is 141 Å². The Bertz CT molecular complexity index is 813. The highest BCUT2D eigenvalue weighted by molar-refractivity contribution is 7.46. The Morgan fingerprint density at radius 1 is 0.333 bits per heavy atom. The minimum absolute atomic E-state index is 0.170. The first-order valence-electron chi connectivity index (χ1n) is 22.3. The van der Waals surface area contributed by atoms with E-state index >= 15 is 0 Å². The maximum absolute atomic E-state index is 11.6. The van der Waals surface area contributed by atoms with Crippen LogP contribution in [-0.4, -0.2) is 90.8 Å². The molecular weight excluding hydrogens is 722 g/mol. The molecule has 0 saturated carbocycles. The highest BCUT2D eigenvalue weighted by atomic mass is 31.2. The fraction of sp³-hybridized carbons (Fsp3) is 1.00. The van der Waals surface area contributed by atoms with Gasteiger partial charge in [0.15, 0.2) is 0 Å². The Kier molecular flexibility index (Phi) is 39.0. The summed E-state index contributed by atoms with van der Waals surface area (Å²) in [6.07, 6.45) is 35.8. The van der Waals surface area contributed by atoms with Crippen LogP contribution < -0.4 is 9.79 Å². The second-order valence-corrected chi connectivity index (χ2v) is 20.3. The average molecular weight is 815 g/mol. The number of likely N-dealkylation sites (N-methyl/N-ethyl adjacent to an activating group) is 2. The standard InChI is InChI=1S/2C21H46NO4P/c2*1-5-6-7-8-9-10-11-12-13-14-15-16-17-18-20-25-27(23,24)26-21-19-22(2,3)4/h2*5-21H2,1-4H3. The number of quaternary nitrogens is 2. The van der Waals surface area contributed by atoms with E-state index in [9.17, 15) is 18.9 Å². The van der Waals surface area contributed by atoms with Crippen LogP contribution in [0.2, 0.25) is 0 Å². The van der Waals surface area contributed by atoms with Crippen LogP contribution in [0.25, 0.3) is 0 Å². The number of hydrogen-bond acceptors (Lipinski definition) is 8. The lowest BCUT2D eigenvalue weighted by molar-refractivity contribution is -0.870. The molecule has 0 aliphatic heterocycles. The fourth-order valence-electron chi connectivity index (χ4n) is 5.87. The highest BCUT2D eigenvalue weighted by Gasteiger charge is 2.14. The van der Waals surface area contributed by atoms with E-state index in [4.69, 9.17) is 18.1 Å². The summed E-state index contributed by atoms with van der Waals surface area (Å²) >= 11 is 0. The van der Waals surface area contributed by atoms with Gasteiger partial charge in [-0.25, -0.2) is 0 Å². The van der Waals surface area contributed by atoms with Gasteiger partial charge in [0.1, 0.15) is 26.3 Å². The van der Waals surface area contributed by atoms with Crippen LogP contribution in [-0.2, 0) is 27.2 Å². The predicted molar refractivity (Wildman–Crippen MR) is 225 cm³/mol. The van der Waals surface area contributed by atoms with Crippen LogP contribution >= 0.6 is 15.6 Å². The molecule has 0 aromatic carbocycles. The molecule has 0 aliphatic carbocycles. The first kappa shape index (κ1) is 56.2. The summed E-state index contributed by atoms with van der Waals surface area (Å²) in [5.74, 6) is 0. The molecule has 0 N–H and O–H groups in total. The topological polar surface area (TPSA) is 117 Å². The van der Waals surface area contributed by atoms with Crippen molar-refractivity contribution in [3.63, 3.8) is 0 Å². The van der Waals surface area contributed by atoms with E-state index in [0.29, 0.717) is 22.1 Å². The van der Waals surface area contributed by atoms with Crippen LogP contribution in [0.3, 0.4) is 0 Å². The minimum Gasteiger partial charge on any atom is -0.756 e. The molecule has 0 bridgehead atoms. The van der Waals surface area contributed by atoms with Gasteiger partial charge >= 0.3 is 0 Å². The van der Waals surface area contributed by atoms with Gasteiger partial charge in [0.25, 0.3) is 15.6 Å². The van der Waals surface area contributed by atoms with Crippen LogP contribution in [0, 0.1) is 0 Å². The van der Waals surface area contributed by atoms with Crippen molar-refractivity contribution in [3.05, 3.63) is 0 Å². The number of hydrogen-bond donors (Lipinski definition) is 0. The summed E-state index contributed by atoms with van der Waals surface area (Å²) in [5, 5.41) is 0. The van der Waals surface area contributed by atoms with Crippen LogP contribution in [0.5, 0.6) is 0 Å². The molecule has 0 spiro atoms. The molecule has 10 nitrogen and oxygen atoms in total. The molecule has 0 rings (SSSR count). The quantitative estimate of drug-likeness (QED) is 0.0341. The van der Waals surface area contributed by atoms with E-state index in [0.717, 1.165) is 38.5 Å². The summed E-state index contributed by atoms with van der Waals surface area (Å²) in [5.41, 5.74) is 0. The second-order valence-electron chi connectivity index (χ2n) is 17.4. The van der Waals surface area contributed by atoms with Gasteiger partial charge in [-0.3, -0.25) is 9.13 Å². The summed E-state index contributed by atoms with van der Waals surface area (Å²) in [4.78, 5) is 23.3. The van der Waals surface area contributed by atoms with E-state index in [-0.39, 0.29) is 26.4 Å². The summed E-state index contributed by atoms with van der Waals surface area (Å²) in [6.45, 7) is 6.61. The molecule has 0 aliphatic rings. The van der Waals surface area contributed by atoms with Gasteiger partial charge in [-0.05, 0) is 12.8 Å². The normalized spacial score (nSPS) is 14.4. The van der Waals surface area contributed by atoms with E-state index in [1.54, 1.807) is 0 Å². The lowest BCUT2D eigenvalue weighted by Gasteiger charge is -2.27. The van der Waals surface area contributed by atoms with Crippen molar-refractivity contribution in [2.75, 3.05) is 81.8 Å². The molecule has 12 heteroatoms. The van der Waals surface area contributed by atoms with Gasteiger partial charge in [-0.2, -0.15) is 0 Å². The van der Waals surface area contributed by atoms with E-state index in [1.807, 2.05) is 42.3 Å². The van der Waals surface area contributed by atoms with E-state index in [2.05, 4.69) is 13.8 Å². The Morgan fingerprint density at radius 3 is 0.722 bits per heavy atom. The zero-order chi connectivity index (χ0) is 40.9. The predicted octanol–water partition coefficient (Wildman–Crippen LogP) is 11.4. The summed E-state index contributed by atoms with van der Waals surface area (Å²) < 4.78 is 44.2.